The lowest BCUT2D eigenvalue weighted by molar-refractivity contribution is 0.176. The zero-order chi connectivity index (χ0) is 10.7. The average molecular weight is 225 g/mol. The first-order chi connectivity index (χ1) is 7.29. The number of thiazole rings is 1. The van der Waals surface area contributed by atoms with Crippen molar-refractivity contribution >= 4 is 11.3 Å². The molecule has 1 aliphatic carbocycles. The Labute approximate surface area is 95.4 Å². The molecule has 1 N–H and O–H groups in total. The molecule has 15 heavy (non-hydrogen) atoms. The minimum atomic E-state index is 0.335. The maximum atomic E-state index is 9.44. The summed E-state index contributed by atoms with van der Waals surface area (Å²) >= 11 is 1.77. The smallest absolute Gasteiger partial charge is 0.0896 e. The van der Waals surface area contributed by atoms with Gasteiger partial charge in [-0.25, -0.2) is 4.98 Å². The number of hydrogen-bond donors (Lipinski definition) is 1. The number of aliphatic hydroxyl groups is 1. The van der Waals surface area contributed by atoms with Crippen molar-refractivity contribution < 1.29 is 5.11 Å². The normalized spacial score (nSPS) is 19.6. The van der Waals surface area contributed by atoms with E-state index in [2.05, 4.69) is 4.98 Å². The summed E-state index contributed by atoms with van der Waals surface area (Å²) in [5, 5.41) is 10.6. The number of hydrogen-bond acceptors (Lipinski definition) is 3. The lowest BCUT2D eigenvalue weighted by Crippen LogP contribution is -2.18. The number of nitrogens with zero attached hydrogens (tertiary/aromatic N) is 1. The highest BCUT2D eigenvalue weighted by atomic mass is 32.1. The van der Waals surface area contributed by atoms with Crippen LogP contribution in [0.2, 0.25) is 0 Å². The van der Waals surface area contributed by atoms with Crippen molar-refractivity contribution in [3.63, 3.8) is 0 Å². The summed E-state index contributed by atoms with van der Waals surface area (Å²) in [6.07, 6.45) is 8.31. The van der Waals surface area contributed by atoms with E-state index in [1.807, 2.05) is 13.1 Å². The van der Waals surface area contributed by atoms with Crippen LogP contribution in [0.25, 0.3) is 0 Å². The summed E-state index contributed by atoms with van der Waals surface area (Å²) in [6, 6.07) is 0. The van der Waals surface area contributed by atoms with Crippen LogP contribution in [0.4, 0.5) is 0 Å². The summed E-state index contributed by atoms with van der Waals surface area (Å²) in [6.45, 7) is 2.37. The van der Waals surface area contributed by atoms with E-state index < -0.39 is 0 Å². The van der Waals surface area contributed by atoms with Crippen molar-refractivity contribution in [2.24, 2.45) is 11.8 Å². The van der Waals surface area contributed by atoms with Crippen molar-refractivity contribution in [2.45, 2.75) is 39.0 Å². The van der Waals surface area contributed by atoms with Crippen LogP contribution >= 0.6 is 11.3 Å². The molecule has 1 atom stereocenters. The van der Waals surface area contributed by atoms with E-state index in [1.165, 1.54) is 30.6 Å². The van der Waals surface area contributed by atoms with Crippen molar-refractivity contribution in [2.75, 3.05) is 6.61 Å². The fraction of sp³-hybridized carbons (Fsp3) is 0.750. The summed E-state index contributed by atoms with van der Waals surface area (Å²) in [5.41, 5.74) is 0. The van der Waals surface area contributed by atoms with Gasteiger partial charge < -0.3 is 5.11 Å². The SMILES string of the molecule is Cc1ncc(CC(CO)C2CCCC2)s1. The third-order valence-corrected chi connectivity index (χ3v) is 4.37. The summed E-state index contributed by atoms with van der Waals surface area (Å²) in [5.74, 6) is 1.21. The number of aliphatic hydroxyl groups excluding tert-OH is 1. The number of aromatic nitrogens is 1. The fourth-order valence-corrected chi connectivity index (χ4v) is 3.45. The van der Waals surface area contributed by atoms with E-state index in [-0.39, 0.29) is 0 Å². The molecule has 1 unspecified atom stereocenters. The molecule has 0 aliphatic heterocycles. The lowest BCUT2D eigenvalue weighted by Gasteiger charge is -2.19. The maximum Gasteiger partial charge on any atom is 0.0896 e. The average Bonchev–Trinajstić information content (AvgIpc) is 2.85. The molecule has 2 rings (SSSR count). The molecular weight excluding hydrogens is 206 g/mol. The van der Waals surface area contributed by atoms with Gasteiger partial charge >= 0.3 is 0 Å². The van der Waals surface area contributed by atoms with Crippen LogP contribution in [-0.2, 0) is 6.42 Å². The summed E-state index contributed by atoms with van der Waals surface area (Å²) in [7, 11) is 0. The van der Waals surface area contributed by atoms with Gasteiger partial charge in [-0.1, -0.05) is 25.7 Å². The van der Waals surface area contributed by atoms with Gasteiger partial charge in [0.2, 0.25) is 0 Å². The molecule has 0 saturated heterocycles. The predicted molar refractivity (Wildman–Crippen MR) is 63.1 cm³/mol. The Morgan fingerprint density at radius 2 is 2.27 bits per heavy atom. The Bertz CT molecular complexity index is 304. The van der Waals surface area contributed by atoms with E-state index in [0.717, 1.165) is 17.3 Å². The number of rotatable bonds is 4. The van der Waals surface area contributed by atoms with Gasteiger partial charge in [0.15, 0.2) is 0 Å². The van der Waals surface area contributed by atoms with E-state index >= 15 is 0 Å². The Morgan fingerprint density at radius 3 is 2.80 bits per heavy atom. The molecule has 0 bridgehead atoms. The molecular formula is C12H19NOS. The Morgan fingerprint density at radius 1 is 1.53 bits per heavy atom. The van der Waals surface area contributed by atoms with Crippen LogP contribution in [0.1, 0.15) is 35.6 Å². The van der Waals surface area contributed by atoms with Gasteiger partial charge in [-0.15, -0.1) is 11.3 Å². The highest BCUT2D eigenvalue weighted by Crippen LogP contribution is 2.33. The molecule has 84 valence electrons. The van der Waals surface area contributed by atoms with Crippen molar-refractivity contribution in [3.8, 4) is 0 Å². The van der Waals surface area contributed by atoms with Crippen LogP contribution in [-0.4, -0.2) is 16.7 Å². The van der Waals surface area contributed by atoms with E-state index in [1.54, 1.807) is 11.3 Å². The van der Waals surface area contributed by atoms with Gasteiger partial charge in [0, 0.05) is 17.7 Å². The lowest BCUT2D eigenvalue weighted by atomic mass is 9.88. The van der Waals surface area contributed by atoms with Crippen LogP contribution in [0, 0.1) is 18.8 Å². The van der Waals surface area contributed by atoms with Crippen LogP contribution < -0.4 is 0 Å². The molecule has 1 aromatic heterocycles. The second-order valence-electron chi connectivity index (χ2n) is 4.54. The highest BCUT2D eigenvalue weighted by molar-refractivity contribution is 7.11. The minimum Gasteiger partial charge on any atom is -0.396 e. The Kier molecular flexibility index (Phi) is 3.76. The Balaban J connectivity index is 1.95. The quantitative estimate of drug-likeness (QED) is 0.854. The largest absolute Gasteiger partial charge is 0.396 e. The zero-order valence-corrected chi connectivity index (χ0v) is 10.1. The van der Waals surface area contributed by atoms with Gasteiger partial charge in [0.1, 0.15) is 0 Å². The first kappa shape index (κ1) is 11.1. The molecule has 1 aromatic rings. The van der Waals surface area contributed by atoms with Crippen LogP contribution in [0.3, 0.4) is 0 Å². The second kappa shape index (κ2) is 5.08. The first-order valence-corrected chi connectivity index (χ1v) is 6.63. The van der Waals surface area contributed by atoms with Gasteiger partial charge in [-0.05, 0) is 25.2 Å². The van der Waals surface area contributed by atoms with Crippen molar-refractivity contribution in [1.82, 2.24) is 4.98 Å². The molecule has 1 fully saturated rings. The predicted octanol–water partition coefficient (Wildman–Crippen LogP) is 2.79. The van der Waals surface area contributed by atoms with Gasteiger partial charge in [0.05, 0.1) is 5.01 Å². The summed E-state index contributed by atoms with van der Waals surface area (Å²) < 4.78 is 0. The third kappa shape index (κ3) is 2.79. The van der Waals surface area contributed by atoms with Gasteiger partial charge in [-0.3, -0.25) is 0 Å². The monoisotopic (exact) mass is 225 g/mol. The van der Waals surface area contributed by atoms with Gasteiger partial charge in [0.25, 0.3) is 0 Å². The van der Waals surface area contributed by atoms with Crippen LogP contribution in [0.15, 0.2) is 6.20 Å². The minimum absolute atomic E-state index is 0.335. The first-order valence-electron chi connectivity index (χ1n) is 5.81. The summed E-state index contributed by atoms with van der Waals surface area (Å²) in [4.78, 5) is 5.60. The van der Waals surface area contributed by atoms with Crippen molar-refractivity contribution in [3.05, 3.63) is 16.1 Å². The molecule has 0 radical (unpaired) electrons. The molecule has 1 saturated carbocycles. The van der Waals surface area contributed by atoms with E-state index in [9.17, 15) is 5.11 Å². The maximum absolute atomic E-state index is 9.44. The second-order valence-corrected chi connectivity index (χ2v) is 5.86. The molecule has 3 heteroatoms. The molecule has 1 heterocycles. The standard InChI is InChI=1S/C12H19NOS/c1-9-13-7-12(15-9)6-11(8-14)10-4-2-3-5-10/h7,10-11,14H,2-6,8H2,1H3. The fourth-order valence-electron chi connectivity index (χ4n) is 2.57. The molecule has 0 spiro atoms. The third-order valence-electron chi connectivity index (χ3n) is 3.43. The van der Waals surface area contributed by atoms with E-state index in [4.69, 9.17) is 0 Å². The zero-order valence-electron chi connectivity index (χ0n) is 9.28. The Hall–Kier alpha value is -0.410. The molecule has 1 aliphatic rings. The van der Waals surface area contributed by atoms with Gasteiger partial charge in [-0.2, -0.15) is 0 Å². The molecule has 0 aromatic carbocycles. The topological polar surface area (TPSA) is 33.1 Å². The molecule has 2 nitrogen and oxygen atoms in total. The van der Waals surface area contributed by atoms with Crippen molar-refractivity contribution in [1.29, 1.82) is 0 Å². The van der Waals surface area contributed by atoms with Crippen LogP contribution in [0.5, 0.6) is 0 Å². The van der Waals surface area contributed by atoms with E-state index in [0.29, 0.717) is 12.5 Å². The number of aryl methyl sites for hydroxylation is 1. The highest BCUT2D eigenvalue weighted by Gasteiger charge is 2.24. The molecule has 0 amide bonds.